The van der Waals surface area contributed by atoms with Gasteiger partial charge in [0.05, 0.1) is 0 Å². The van der Waals surface area contributed by atoms with Gasteiger partial charge < -0.3 is 5.32 Å². The summed E-state index contributed by atoms with van der Waals surface area (Å²) in [6.45, 7) is 2.46. The van der Waals surface area contributed by atoms with Crippen molar-refractivity contribution < 1.29 is 0 Å². The van der Waals surface area contributed by atoms with E-state index >= 15 is 0 Å². The Morgan fingerprint density at radius 1 is 0.737 bits per heavy atom. The maximum Gasteiger partial charge on any atom is 0.00724 e. The zero-order valence-electron chi connectivity index (χ0n) is 12.9. The molecular weight excluding hydrogens is 230 g/mol. The lowest BCUT2D eigenvalue weighted by molar-refractivity contribution is 0.131. The second-order valence-electron chi connectivity index (χ2n) is 7.67. The Kier molecular flexibility index (Phi) is 4.84. The van der Waals surface area contributed by atoms with Gasteiger partial charge in [0.2, 0.25) is 0 Å². The Morgan fingerprint density at radius 2 is 1.42 bits per heavy atom. The topological polar surface area (TPSA) is 12.0 Å². The summed E-state index contributed by atoms with van der Waals surface area (Å²) in [5, 5.41) is 4.02. The van der Waals surface area contributed by atoms with Crippen LogP contribution in [0.2, 0.25) is 0 Å². The van der Waals surface area contributed by atoms with Crippen LogP contribution in [0.3, 0.4) is 0 Å². The van der Waals surface area contributed by atoms with Gasteiger partial charge in [0.1, 0.15) is 0 Å². The van der Waals surface area contributed by atoms with Crippen LogP contribution in [-0.4, -0.2) is 12.1 Å². The van der Waals surface area contributed by atoms with E-state index < -0.39 is 0 Å². The van der Waals surface area contributed by atoms with Crippen molar-refractivity contribution in [1.29, 1.82) is 0 Å². The Hall–Kier alpha value is -0.0400. The van der Waals surface area contributed by atoms with E-state index in [1.165, 1.54) is 77.0 Å². The van der Waals surface area contributed by atoms with Crippen LogP contribution in [0.4, 0.5) is 0 Å². The van der Waals surface area contributed by atoms with E-state index in [1.54, 1.807) is 0 Å². The summed E-state index contributed by atoms with van der Waals surface area (Å²) < 4.78 is 0. The van der Waals surface area contributed by atoms with E-state index in [4.69, 9.17) is 0 Å². The molecule has 0 amide bonds. The van der Waals surface area contributed by atoms with Crippen LogP contribution in [0.1, 0.15) is 84.0 Å². The molecule has 0 aromatic rings. The van der Waals surface area contributed by atoms with E-state index in [0.717, 1.165) is 29.8 Å². The maximum absolute atomic E-state index is 4.02. The van der Waals surface area contributed by atoms with Gasteiger partial charge in [-0.25, -0.2) is 0 Å². The zero-order valence-corrected chi connectivity index (χ0v) is 12.9. The minimum absolute atomic E-state index is 0.769. The predicted octanol–water partition coefficient (Wildman–Crippen LogP) is 4.90. The van der Waals surface area contributed by atoms with Gasteiger partial charge in [-0.2, -0.15) is 0 Å². The third-order valence-corrected chi connectivity index (χ3v) is 6.40. The molecule has 19 heavy (non-hydrogen) atoms. The highest BCUT2D eigenvalue weighted by atomic mass is 15.0. The van der Waals surface area contributed by atoms with Crippen LogP contribution >= 0.6 is 0 Å². The minimum Gasteiger partial charge on any atom is -0.311 e. The molecule has 1 N–H and O–H groups in total. The fourth-order valence-electron chi connectivity index (χ4n) is 5.17. The fourth-order valence-corrected chi connectivity index (χ4v) is 5.17. The Bertz CT molecular complexity index is 269. The number of rotatable bonds is 3. The maximum atomic E-state index is 4.02. The SMILES string of the molecule is C[C@H](NC1CCC2CCCCC2C1)C1CCCCC1. The summed E-state index contributed by atoms with van der Waals surface area (Å²) in [7, 11) is 0. The number of nitrogens with one attached hydrogen (secondary N) is 1. The normalized spacial score (nSPS) is 38.7. The molecule has 0 aliphatic heterocycles. The molecule has 0 aromatic heterocycles. The average Bonchev–Trinajstić information content (AvgIpc) is 2.48. The van der Waals surface area contributed by atoms with Crippen LogP contribution in [0.25, 0.3) is 0 Å². The molecule has 0 saturated heterocycles. The van der Waals surface area contributed by atoms with Gasteiger partial charge >= 0.3 is 0 Å². The fraction of sp³-hybridized carbons (Fsp3) is 1.00. The molecule has 1 nitrogen and oxygen atoms in total. The first-order valence-corrected chi connectivity index (χ1v) is 9.09. The highest BCUT2D eigenvalue weighted by Gasteiger charge is 2.33. The summed E-state index contributed by atoms with van der Waals surface area (Å²) in [6.07, 6.45) is 17.9. The van der Waals surface area contributed by atoms with Gasteiger partial charge in [-0.15, -0.1) is 0 Å². The Balaban J connectivity index is 1.47. The first-order valence-electron chi connectivity index (χ1n) is 9.09. The monoisotopic (exact) mass is 263 g/mol. The summed E-state index contributed by atoms with van der Waals surface area (Å²) in [6, 6.07) is 1.61. The van der Waals surface area contributed by atoms with Crippen molar-refractivity contribution in [2.75, 3.05) is 0 Å². The second kappa shape index (κ2) is 6.61. The first-order chi connectivity index (χ1) is 9.33. The molecule has 0 radical (unpaired) electrons. The van der Waals surface area contributed by atoms with E-state index in [9.17, 15) is 0 Å². The van der Waals surface area contributed by atoms with Crippen molar-refractivity contribution in [2.24, 2.45) is 17.8 Å². The van der Waals surface area contributed by atoms with E-state index in [0.29, 0.717) is 0 Å². The number of hydrogen-bond acceptors (Lipinski definition) is 1. The molecule has 3 aliphatic carbocycles. The van der Waals surface area contributed by atoms with Crippen molar-refractivity contribution in [2.45, 2.75) is 96.1 Å². The van der Waals surface area contributed by atoms with E-state index in [1.807, 2.05) is 0 Å². The van der Waals surface area contributed by atoms with Crippen LogP contribution in [-0.2, 0) is 0 Å². The standard InChI is InChI=1S/C18H33N/c1-14(15-7-3-2-4-8-15)19-18-12-11-16-9-5-6-10-17(16)13-18/h14-19H,2-13H2,1H3/t14-,16?,17?,18?/m0/s1. The van der Waals surface area contributed by atoms with Crippen LogP contribution in [0, 0.1) is 17.8 Å². The largest absolute Gasteiger partial charge is 0.311 e. The molecule has 3 aliphatic rings. The molecule has 3 saturated carbocycles. The van der Waals surface area contributed by atoms with Crippen molar-refractivity contribution in [1.82, 2.24) is 5.32 Å². The zero-order chi connectivity index (χ0) is 13.1. The smallest absolute Gasteiger partial charge is 0.00724 e. The van der Waals surface area contributed by atoms with Crippen molar-refractivity contribution in [3.8, 4) is 0 Å². The number of hydrogen-bond donors (Lipinski definition) is 1. The molecule has 3 unspecified atom stereocenters. The molecule has 0 aromatic carbocycles. The highest BCUT2D eigenvalue weighted by Crippen LogP contribution is 2.40. The molecule has 110 valence electrons. The van der Waals surface area contributed by atoms with Crippen LogP contribution in [0.15, 0.2) is 0 Å². The average molecular weight is 263 g/mol. The summed E-state index contributed by atoms with van der Waals surface area (Å²) in [4.78, 5) is 0. The van der Waals surface area contributed by atoms with Crippen molar-refractivity contribution in [3.05, 3.63) is 0 Å². The quantitative estimate of drug-likeness (QED) is 0.763. The van der Waals surface area contributed by atoms with Gasteiger partial charge in [-0.3, -0.25) is 0 Å². The molecule has 0 bridgehead atoms. The molecular formula is C18H33N. The van der Waals surface area contributed by atoms with Crippen LogP contribution in [0.5, 0.6) is 0 Å². The molecule has 0 heterocycles. The van der Waals surface area contributed by atoms with Crippen molar-refractivity contribution in [3.63, 3.8) is 0 Å². The van der Waals surface area contributed by atoms with Gasteiger partial charge in [-0.1, -0.05) is 44.9 Å². The van der Waals surface area contributed by atoms with E-state index in [2.05, 4.69) is 12.2 Å². The minimum atomic E-state index is 0.769. The lowest BCUT2D eigenvalue weighted by Crippen LogP contribution is -2.45. The third-order valence-electron chi connectivity index (χ3n) is 6.40. The molecule has 0 spiro atoms. The number of fused-ring (bicyclic) bond motifs is 1. The Labute approximate surface area is 119 Å². The molecule has 3 rings (SSSR count). The first kappa shape index (κ1) is 13.9. The van der Waals surface area contributed by atoms with Gasteiger partial charge in [0.25, 0.3) is 0 Å². The summed E-state index contributed by atoms with van der Waals surface area (Å²) >= 11 is 0. The van der Waals surface area contributed by atoms with E-state index in [-0.39, 0.29) is 0 Å². The second-order valence-corrected chi connectivity index (χ2v) is 7.67. The van der Waals surface area contributed by atoms with Crippen molar-refractivity contribution >= 4 is 0 Å². The Morgan fingerprint density at radius 3 is 2.21 bits per heavy atom. The lowest BCUT2D eigenvalue weighted by atomic mass is 9.69. The highest BCUT2D eigenvalue weighted by molar-refractivity contribution is 4.88. The van der Waals surface area contributed by atoms with Crippen LogP contribution < -0.4 is 5.32 Å². The molecule has 3 fully saturated rings. The molecule has 1 heteroatoms. The van der Waals surface area contributed by atoms with Gasteiger partial charge in [-0.05, 0) is 56.8 Å². The predicted molar refractivity (Wildman–Crippen MR) is 82.3 cm³/mol. The molecule has 4 atom stereocenters. The third kappa shape index (κ3) is 3.54. The van der Waals surface area contributed by atoms with Gasteiger partial charge in [0.15, 0.2) is 0 Å². The summed E-state index contributed by atoms with van der Waals surface area (Å²) in [5.74, 6) is 3.13. The van der Waals surface area contributed by atoms with Gasteiger partial charge in [0, 0.05) is 12.1 Å². The lowest BCUT2D eigenvalue weighted by Gasteiger charge is -2.41. The summed E-state index contributed by atoms with van der Waals surface area (Å²) in [5.41, 5.74) is 0.